The number of nitrogens with one attached hydrogen (secondary N) is 1. The lowest BCUT2D eigenvalue weighted by atomic mass is 9.99. The molecule has 106 valence electrons. The standard InChI is InChI=1S/C19H13BrN2/c20-15-11-16-17(13-7-3-1-4-8-13)18(22-19(16)21-12-15)14-9-5-2-6-10-14/h1-12H,(H,21,22). The minimum atomic E-state index is 0.904. The number of halogens is 1. The fourth-order valence-corrected chi connectivity index (χ4v) is 3.10. The van der Waals surface area contributed by atoms with E-state index in [9.17, 15) is 0 Å². The van der Waals surface area contributed by atoms with Crippen molar-refractivity contribution in [1.29, 1.82) is 0 Å². The molecule has 0 aliphatic rings. The van der Waals surface area contributed by atoms with Gasteiger partial charge in [0.2, 0.25) is 0 Å². The molecule has 0 radical (unpaired) electrons. The van der Waals surface area contributed by atoms with Crippen LogP contribution in [0.4, 0.5) is 0 Å². The number of aromatic amines is 1. The molecule has 0 aliphatic carbocycles. The van der Waals surface area contributed by atoms with Gasteiger partial charge in [-0.3, -0.25) is 0 Å². The average Bonchev–Trinajstić information content (AvgIpc) is 2.95. The van der Waals surface area contributed by atoms with Crippen LogP contribution in [0.2, 0.25) is 0 Å². The lowest BCUT2D eigenvalue weighted by Gasteiger charge is -2.05. The second-order valence-electron chi connectivity index (χ2n) is 5.16. The van der Waals surface area contributed by atoms with E-state index in [1.165, 1.54) is 11.1 Å². The van der Waals surface area contributed by atoms with E-state index in [1.54, 1.807) is 0 Å². The topological polar surface area (TPSA) is 28.7 Å². The summed E-state index contributed by atoms with van der Waals surface area (Å²) in [5, 5.41) is 1.12. The normalized spacial score (nSPS) is 11.0. The van der Waals surface area contributed by atoms with Crippen LogP contribution in [-0.4, -0.2) is 9.97 Å². The number of hydrogen-bond donors (Lipinski definition) is 1. The second-order valence-corrected chi connectivity index (χ2v) is 6.07. The molecular formula is C19H13BrN2. The number of aromatic nitrogens is 2. The molecule has 4 aromatic rings. The molecule has 2 nitrogen and oxygen atoms in total. The molecule has 0 saturated carbocycles. The third-order valence-corrected chi connectivity index (χ3v) is 4.18. The van der Waals surface area contributed by atoms with Gasteiger partial charge < -0.3 is 4.98 Å². The van der Waals surface area contributed by atoms with Gasteiger partial charge in [-0.1, -0.05) is 60.7 Å². The summed E-state index contributed by atoms with van der Waals surface area (Å²) in [5.74, 6) is 0. The monoisotopic (exact) mass is 348 g/mol. The first kappa shape index (κ1) is 13.3. The van der Waals surface area contributed by atoms with E-state index in [2.05, 4.69) is 80.5 Å². The average molecular weight is 349 g/mol. The minimum Gasteiger partial charge on any atom is -0.339 e. The van der Waals surface area contributed by atoms with E-state index < -0.39 is 0 Å². The summed E-state index contributed by atoms with van der Waals surface area (Å²) in [6.07, 6.45) is 1.82. The molecule has 1 N–H and O–H groups in total. The van der Waals surface area contributed by atoms with Crippen molar-refractivity contribution >= 4 is 27.0 Å². The van der Waals surface area contributed by atoms with Crippen molar-refractivity contribution in [3.8, 4) is 22.4 Å². The number of benzene rings is 2. The highest BCUT2D eigenvalue weighted by molar-refractivity contribution is 9.10. The third kappa shape index (κ3) is 2.24. The van der Waals surface area contributed by atoms with Gasteiger partial charge >= 0.3 is 0 Å². The van der Waals surface area contributed by atoms with Crippen LogP contribution in [0.5, 0.6) is 0 Å². The maximum atomic E-state index is 4.51. The van der Waals surface area contributed by atoms with E-state index in [4.69, 9.17) is 0 Å². The highest BCUT2D eigenvalue weighted by atomic mass is 79.9. The fraction of sp³-hybridized carbons (Fsp3) is 0. The summed E-state index contributed by atoms with van der Waals surface area (Å²) in [7, 11) is 0. The van der Waals surface area contributed by atoms with Crippen molar-refractivity contribution in [2.45, 2.75) is 0 Å². The number of hydrogen-bond acceptors (Lipinski definition) is 1. The Bertz CT molecular complexity index is 928. The van der Waals surface area contributed by atoms with Gasteiger partial charge in [-0.2, -0.15) is 0 Å². The maximum Gasteiger partial charge on any atom is 0.138 e. The van der Waals surface area contributed by atoms with Gasteiger partial charge in [0.1, 0.15) is 5.65 Å². The molecule has 2 aromatic carbocycles. The van der Waals surface area contributed by atoms with Gasteiger partial charge in [0.25, 0.3) is 0 Å². The van der Waals surface area contributed by atoms with Crippen molar-refractivity contribution in [3.05, 3.63) is 77.4 Å². The van der Waals surface area contributed by atoms with Crippen LogP contribution in [0, 0.1) is 0 Å². The Morgan fingerprint density at radius 2 is 1.45 bits per heavy atom. The zero-order chi connectivity index (χ0) is 14.9. The van der Waals surface area contributed by atoms with Crippen LogP contribution in [0.25, 0.3) is 33.4 Å². The largest absolute Gasteiger partial charge is 0.339 e. The number of nitrogens with zero attached hydrogens (tertiary/aromatic N) is 1. The van der Waals surface area contributed by atoms with Crippen molar-refractivity contribution in [3.63, 3.8) is 0 Å². The SMILES string of the molecule is Brc1cnc2[nH]c(-c3ccccc3)c(-c3ccccc3)c2c1. The van der Waals surface area contributed by atoms with Gasteiger partial charge in [0, 0.05) is 21.6 Å². The van der Waals surface area contributed by atoms with E-state index in [0.717, 1.165) is 26.8 Å². The zero-order valence-electron chi connectivity index (χ0n) is 11.8. The quantitative estimate of drug-likeness (QED) is 0.497. The summed E-state index contributed by atoms with van der Waals surface area (Å²) in [4.78, 5) is 7.98. The third-order valence-electron chi connectivity index (χ3n) is 3.74. The van der Waals surface area contributed by atoms with Crippen LogP contribution in [-0.2, 0) is 0 Å². The molecule has 0 bridgehead atoms. The molecule has 2 aromatic heterocycles. The summed E-state index contributed by atoms with van der Waals surface area (Å²) in [6.45, 7) is 0. The predicted molar refractivity (Wildman–Crippen MR) is 94.7 cm³/mol. The van der Waals surface area contributed by atoms with Crippen LogP contribution >= 0.6 is 15.9 Å². The molecular weight excluding hydrogens is 336 g/mol. The van der Waals surface area contributed by atoms with Gasteiger partial charge in [0.15, 0.2) is 0 Å². The highest BCUT2D eigenvalue weighted by Gasteiger charge is 2.15. The molecule has 0 saturated heterocycles. The van der Waals surface area contributed by atoms with Crippen molar-refractivity contribution in [2.24, 2.45) is 0 Å². The highest BCUT2D eigenvalue weighted by Crippen LogP contribution is 2.38. The second kappa shape index (κ2) is 5.43. The molecule has 0 fully saturated rings. The lowest BCUT2D eigenvalue weighted by molar-refractivity contribution is 1.31. The van der Waals surface area contributed by atoms with Gasteiger partial charge in [0.05, 0.1) is 5.69 Å². The molecule has 0 amide bonds. The molecule has 22 heavy (non-hydrogen) atoms. The fourth-order valence-electron chi connectivity index (χ4n) is 2.77. The summed E-state index contributed by atoms with van der Waals surface area (Å²) in [6, 6.07) is 22.9. The van der Waals surface area contributed by atoms with Crippen molar-refractivity contribution in [2.75, 3.05) is 0 Å². The Kier molecular flexibility index (Phi) is 3.28. The Morgan fingerprint density at radius 1 is 0.818 bits per heavy atom. The van der Waals surface area contributed by atoms with Gasteiger partial charge in [-0.15, -0.1) is 0 Å². The number of H-pyrrole nitrogens is 1. The van der Waals surface area contributed by atoms with Crippen molar-refractivity contribution in [1.82, 2.24) is 9.97 Å². The zero-order valence-corrected chi connectivity index (χ0v) is 13.3. The predicted octanol–water partition coefficient (Wildman–Crippen LogP) is 5.66. The number of pyridine rings is 1. The molecule has 2 heterocycles. The number of rotatable bonds is 2. The molecule has 0 spiro atoms. The first-order chi connectivity index (χ1) is 10.8. The molecule has 3 heteroatoms. The molecule has 0 aliphatic heterocycles. The first-order valence-corrected chi connectivity index (χ1v) is 7.90. The summed E-state index contributed by atoms with van der Waals surface area (Å²) >= 11 is 3.53. The van der Waals surface area contributed by atoms with Crippen LogP contribution in [0.3, 0.4) is 0 Å². The van der Waals surface area contributed by atoms with Gasteiger partial charge in [-0.25, -0.2) is 4.98 Å². The Labute approximate surface area is 137 Å². The summed E-state index contributed by atoms with van der Waals surface area (Å²) < 4.78 is 0.982. The lowest BCUT2D eigenvalue weighted by Crippen LogP contribution is -1.82. The van der Waals surface area contributed by atoms with E-state index in [1.807, 2.05) is 18.3 Å². The number of fused-ring (bicyclic) bond motifs is 1. The van der Waals surface area contributed by atoms with Crippen LogP contribution in [0.15, 0.2) is 77.4 Å². The Hall–Kier alpha value is -2.39. The molecule has 0 atom stereocenters. The molecule has 0 unspecified atom stereocenters. The maximum absolute atomic E-state index is 4.51. The van der Waals surface area contributed by atoms with E-state index >= 15 is 0 Å². The van der Waals surface area contributed by atoms with Crippen molar-refractivity contribution < 1.29 is 0 Å². The molecule has 4 rings (SSSR count). The smallest absolute Gasteiger partial charge is 0.138 e. The minimum absolute atomic E-state index is 0.904. The first-order valence-electron chi connectivity index (χ1n) is 7.11. The van der Waals surface area contributed by atoms with E-state index in [-0.39, 0.29) is 0 Å². The van der Waals surface area contributed by atoms with Crippen LogP contribution in [0.1, 0.15) is 0 Å². The summed E-state index contributed by atoms with van der Waals surface area (Å²) in [5.41, 5.74) is 5.55. The van der Waals surface area contributed by atoms with Crippen LogP contribution < -0.4 is 0 Å². The Morgan fingerprint density at radius 3 is 2.14 bits per heavy atom. The Balaban J connectivity index is 2.08. The van der Waals surface area contributed by atoms with E-state index in [0.29, 0.717) is 0 Å². The van der Waals surface area contributed by atoms with Gasteiger partial charge in [-0.05, 0) is 33.1 Å².